The number of hydrogen-bond donors (Lipinski definition) is 0. The van der Waals surface area contributed by atoms with E-state index >= 15 is 0 Å². The maximum absolute atomic E-state index is 12.0. The van der Waals surface area contributed by atoms with E-state index in [0.717, 1.165) is 5.56 Å². The maximum Gasteiger partial charge on any atom is 0.410 e. The Morgan fingerprint density at radius 2 is 1.91 bits per heavy atom. The molecule has 0 atom stereocenters. The zero-order chi connectivity index (χ0) is 17.2. The lowest BCUT2D eigenvalue weighted by molar-refractivity contribution is 0.00811. The van der Waals surface area contributed by atoms with Crippen molar-refractivity contribution in [2.24, 2.45) is 0 Å². The predicted molar refractivity (Wildman–Crippen MR) is 82.7 cm³/mol. The van der Waals surface area contributed by atoms with Gasteiger partial charge in [0.25, 0.3) is 0 Å². The lowest BCUT2D eigenvalue weighted by Crippen LogP contribution is -2.50. The van der Waals surface area contributed by atoms with Crippen molar-refractivity contribution in [3.63, 3.8) is 0 Å². The fourth-order valence-electron chi connectivity index (χ4n) is 2.41. The second kappa shape index (κ2) is 6.44. The molecule has 0 N–H and O–H groups in total. The van der Waals surface area contributed by atoms with Gasteiger partial charge in [-0.2, -0.15) is 0 Å². The third kappa shape index (κ3) is 3.72. The lowest BCUT2D eigenvalue weighted by atomic mass is 9.89. The molecule has 1 amide bonds. The molecule has 0 aliphatic carbocycles. The van der Waals surface area contributed by atoms with Gasteiger partial charge in [0.1, 0.15) is 11.2 Å². The predicted octanol–water partition coefficient (Wildman–Crippen LogP) is 2.21. The fourth-order valence-corrected chi connectivity index (χ4v) is 2.41. The van der Waals surface area contributed by atoms with Gasteiger partial charge < -0.3 is 19.1 Å². The van der Waals surface area contributed by atoms with Crippen molar-refractivity contribution in [1.82, 2.24) is 9.88 Å². The number of likely N-dealkylation sites (tertiary alicyclic amines) is 1. The van der Waals surface area contributed by atoms with Crippen LogP contribution in [-0.4, -0.2) is 54.9 Å². The monoisotopic (exact) mass is 322 g/mol. The Labute approximate surface area is 135 Å². The van der Waals surface area contributed by atoms with Crippen LogP contribution in [0.25, 0.3) is 0 Å². The number of nitrogens with zero attached hydrogens (tertiary/aromatic N) is 2. The normalized spacial score (nSPS) is 14.9. The lowest BCUT2D eigenvalue weighted by Gasteiger charge is -2.40. The van der Waals surface area contributed by atoms with E-state index in [1.807, 2.05) is 20.8 Å². The van der Waals surface area contributed by atoms with Gasteiger partial charge in [-0.15, -0.1) is 0 Å². The topological polar surface area (TPSA) is 78.0 Å². The number of pyridine rings is 1. The Balaban J connectivity index is 2.14. The summed E-state index contributed by atoms with van der Waals surface area (Å²) in [5.74, 6) is -0.251. The third-order valence-electron chi connectivity index (χ3n) is 3.50. The van der Waals surface area contributed by atoms with Crippen molar-refractivity contribution in [2.45, 2.75) is 32.3 Å². The van der Waals surface area contributed by atoms with Gasteiger partial charge in [-0.25, -0.2) is 14.6 Å². The zero-order valence-electron chi connectivity index (χ0n) is 14.1. The highest BCUT2D eigenvalue weighted by atomic mass is 16.6. The van der Waals surface area contributed by atoms with Crippen LogP contribution in [0.3, 0.4) is 0 Å². The molecule has 2 heterocycles. The second-order valence-electron chi connectivity index (χ2n) is 6.36. The highest BCUT2D eigenvalue weighted by Crippen LogP contribution is 2.33. The number of amides is 1. The molecule has 0 saturated carbocycles. The van der Waals surface area contributed by atoms with E-state index in [9.17, 15) is 9.59 Å². The van der Waals surface area contributed by atoms with Crippen LogP contribution < -0.4 is 4.74 Å². The van der Waals surface area contributed by atoms with Crippen LogP contribution in [0.15, 0.2) is 12.3 Å². The Kier molecular flexibility index (Phi) is 4.77. The highest BCUT2D eigenvalue weighted by Gasteiger charge is 2.37. The standard InChI is InChI=1S/C16H22N2O5/c1-16(2,3)23-15(20)18-8-10(9-18)11-6-7-17-13(21-4)12(11)14(19)22-5/h6-7,10H,8-9H2,1-5H3. The summed E-state index contributed by atoms with van der Waals surface area (Å²) in [5.41, 5.74) is 0.550. The molecule has 1 aromatic heterocycles. The quantitative estimate of drug-likeness (QED) is 0.794. The van der Waals surface area contributed by atoms with E-state index in [2.05, 4.69) is 4.98 Å². The summed E-state index contributed by atoms with van der Waals surface area (Å²) >= 11 is 0. The molecule has 1 aliphatic rings. The number of ether oxygens (including phenoxy) is 3. The van der Waals surface area contributed by atoms with Crippen molar-refractivity contribution in [3.8, 4) is 5.88 Å². The van der Waals surface area contributed by atoms with Gasteiger partial charge in [0, 0.05) is 25.2 Å². The summed E-state index contributed by atoms with van der Waals surface area (Å²) in [6.07, 6.45) is 1.23. The number of methoxy groups -OCH3 is 2. The number of hydrogen-bond acceptors (Lipinski definition) is 6. The minimum Gasteiger partial charge on any atom is -0.480 e. The zero-order valence-corrected chi connectivity index (χ0v) is 14.1. The molecule has 0 unspecified atom stereocenters. The van der Waals surface area contributed by atoms with Gasteiger partial charge in [-0.05, 0) is 32.4 Å². The summed E-state index contributed by atoms with van der Waals surface area (Å²) in [6.45, 7) is 6.43. The van der Waals surface area contributed by atoms with E-state index < -0.39 is 11.6 Å². The van der Waals surface area contributed by atoms with Crippen LogP contribution in [0.4, 0.5) is 4.79 Å². The first kappa shape index (κ1) is 17.1. The first-order valence-corrected chi connectivity index (χ1v) is 7.36. The van der Waals surface area contributed by atoms with E-state index in [1.165, 1.54) is 14.2 Å². The molecule has 1 saturated heterocycles. The van der Waals surface area contributed by atoms with Gasteiger partial charge >= 0.3 is 12.1 Å². The van der Waals surface area contributed by atoms with Crippen molar-refractivity contribution in [1.29, 1.82) is 0 Å². The number of carbonyl (C=O) groups excluding carboxylic acids is 2. The van der Waals surface area contributed by atoms with Crippen LogP contribution in [0.2, 0.25) is 0 Å². The van der Waals surface area contributed by atoms with Crippen molar-refractivity contribution < 1.29 is 23.8 Å². The fraction of sp³-hybridized carbons (Fsp3) is 0.562. The smallest absolute Gasteiger partial charge is 0.410 e. The molecule has 1 aliphatic heterocycles. The first-order chi connectivity index (χ1) is 10.8. The number of rotatable bonds is 3. The Hall–Kier alpha value is -2.31. The molecule has 0 spiro atoms. The van der Waals surface area contributed by atoms with Crippen molar-refractivity contribution >= 4 is 12.1 Å². The van der Waals surface area contributed by atoms with Crippen LogP contribution >= 0.6 is 0 Å². The minimum absolute atomic E-state index is 0.0218. The summed E-state index contributed by atoms with van der Waals surface area (Å²) < 4.78 is 15.3. The number of aromatic nitrogens is 1. The molecule has 1 aromatic rings. The van der Waals surface area contributed by atoms with E-state index in [-0.39, 0.29) is 17.9 Å². The molecule has 0 bridgehead atoms. The molecule has 126 valence electrons. The molecule has 0 aromatic carbocycles. The van der Waals surface area contributed by atoms with Crippen LogP contribution in [-0.2, 0) is 9.47 Å². The average Bonchev–Trinajstić information content (AvgIpc) is 2.42. The molecular weight excluding hydrogens is 300 g/mol. The molecular formula is C16H22N2O5. The van der Waals surface area contributed by atoms with E-state index in [1.54, 1.807) is 17.2 Å². The summed E-state index contributed by atoms with van der Waals surface area (Å²) in [5, 5.41) is 0. The van der Waals surface area contributed by atoms with E-state index in [4.69, 9.17) is 14.2 Å². The summed E-state index contributed by atoms with van der Waals surface area (Å²) in [6, 6.07) is 1.76. The molecule has 1 fully saturated rings. The maximum atomic E-state index is 12.0. The van der Waals surface area contributed by atoms with Gasteiger partial charge in [0.05, 0.1) is 14.2 Å². The number of carbonyl (C=O) groups is 2. The first-order valence-electron chi connectivity index (χ1n) is 7.36. The van der Waals surface area contributed by atoms with E-state index in [0.29, 0.717) is 18.7 Å². The van der Waals surface area contributed by atoms with Crippen molar-refractivity contribution in [2.75, 3.05) is 27.3 Å². The Morgan fingerprint density at radius 1 is 1.26 bits per heavy atom. The van der Waals surface area contributed by atoms with Gasteiger partial charge in [0.2, 0.25) is 5.88 Å². The summed E-state index contributed by atoms with van der Waals surface area (Å²) in [4.78, 5) is 29.6. The van der Waals surface area contributed by atoms with Crippen molar-refractivity contribution in [3.05, 3.63) is 23.4 Å². The minimum atomic E-state index is -0.529. The second-order valence-corrected chi connectivity index (χ2v) is 6.36. The third-order valence-corrected chi connectivity index (χ3v) is 3.50. The summed E-state index contributed by atoms with van der Waals surface area (Å²) in [7, 11) is 2.76. The molecule has 7 nitrogen and oxygen atoms in total. The Morgan fingerprint density at radius 3 is 2.43 bits per heavy atom. The van der Waals surface area contributed by atoms with Gasteiger partial charge in [-0.1, -0.05) is 0 Å². The largest absolute Gasteiger partial charge is 0.480 e. The van der Waals surface area contributed by atoms with Crippen LogP contribution in [0, 0.1) is 0 Å². The molecule has 0 radical (unpaired) electrons. The van der Waals surface area contributed by atoms with Crippen LogP contribution in [0.1, 0.15) is 42.6 Å². The highest BCUT2D eigenvalue weighted by molar-refractivity contribution is 5.93. The molecule has 2 rings (SSSR count). The van der Waals surface area contributed by atoms with Crippen LogP contribution in [0.5, 0.6) is 5.88 Å². The number of esters is 1. The average molecular weight is 322 g/mol. The van der Waals surface area contributed by atoms with Gasteiger partial charge in [-0.3, -0.25) is 0 Å². The SMILES string of the molecule is COC(=O)c1c(C2CN(C(=O)OC(C)(C)C)C2)ccnc1OC. The molecule has 23 heavy (non-hydrogen) atoms. The Bertz CT molecular complexity index is 603. The molecule has 7 heteroatoms. The van der Waals surface area contributed by atoms with Gasteiger partial charge in [0.15, 0.2) is 0 Å².